The van der Waals surface area contributed by atoms with Crippen LogP contribution in [0.4, 0.5) is 0 Å². The minimum Gasteiger partial charge on any atom is -0.481 e. The van der Waals surface area contributed by atoms with Gasteiger partial charge in [0.05, 0.1) is 18.9 Å². The van der Waals surface area contributed by atoms with Gasteiger partial charge >= 0.3 is 11.9 Å². The van der Waals surface area contributed by atoms with Crippen LogP contribution < -0.4 is 0 Å². The number of allylic oxidation sites excluding steroid dienone is 2. The molecule has 0 aromatic rings. The maximum Gasteiger partial charge on any atom is 0.309 e. The summed E-state index contributed by atoms with van der Waals surface area (Å²) in [6, 6.07) is 0. The maximum atomic E-state index is 12.0. The number of esters is 1. The number of carboxylic acid groups (broad SMARTS) is 1. The van der Waals surface area contributed by atoms with E-state index >= 15 is 0 Å². The Bertz CT molecular complexity index is 557. The lowest BCUT2D eigenvalue weighted by Gasteiger charge is -2.13. The van der Waals surface area contributed by atoms with Crippen molar-refractivity contribution in [2.75, 3.05) is 6.61 Å². The number of carbonyl (C=O) groups is 2. The Morgan fingerprint density at radius 2 is 0.949 bits per heavy atom. The Morgan fingerprint density at radius 1 is 0.564 bits per heavy atom. The average molecular weight is 551 g/mol. The van der Waals surface area contributed by atoms with Gasteiger partial charge in [0.1, 0.15) is 0 Å². The molecule has 0 rings (SSSR count). The summed E-state index contributed by atoms with van der Waals surface area (Å²) in [6.45, 7) is 4.59. The number of unbranched alkanes of at least 4 members (excludes halogenated alkanes) is 22. The summed E-state index contributed by atoms with van der Waals surface area (Å²) in [5, 5.41) is 9.05. The molecule has 1 atom stereocenters. The van der Waals surface area contributed by atoms with E-state index in [0.29, 0.717) is 13.0 Å². The van der Waals surface area contributed by atoms with Gasteiger partial charge in [0.2, 0.25) is 0 Å². The molecule has 230 valence electrons. The van der Waals surface area contributed by atoms with Gasteiger partial charge in [0.15, 0.2) is 0 Å². The molecule has 0 aromatic heterocycles. The molecule has 4 nitrogen and oxygen atoms in total. The molecular weight excluding hydrogens is 484 g/mol. The van der Waals surface area contributed by atoms with Gasteiger partial charge in [-0.25, -0.2) is 0 Å². The fourth-order valence-electron chi connectivity index (χ4n) is 5.23. The van der Waals surface area contributed by atoms with Gasteiger partial charge in [-0.3, -0.25) is 9.59 Å². The van der Waals surface area contributed by atoms with Gasteiger partial charge in [-0.15, -0.1) is 0 Å². The molecule has 0 aliphatic heterocycles. The smallest absolute Gasteiger partial charge is 0.309 e. The first kappa shape index (κ1) is 37.7. The van der Waals surface area contributed by atoms with E-state index in [1.165, 1.54) is 141 Å². The van der Waals surface area contributed by atoms with E-state index in [-0.39, 0.29) is 12.4 Å². The minimum absolute atomic E-state index is 0.111. The van der Waals surface area contributed by atoms with E-state index in [1.54, 1.807) is 0 Å². The Balaban J connectivity index is 3.32. The fraction of sp³-hybridized carbons (Fsp3) is 0.886. The molecule has 0 aliphatic rings. The van der Waals surface area contributed by atoms with Gasteiger partial charge in [-0.05, 0) is 32.1 Å². The Kier molecular flexibility index (Phi) is 30.2. The van der Waals surface area contributed by atoms with E-state index in [2.05, 4.69) is 19.1 Å². The molecule has 0 fully saturated rings. The summed E-state index contributed by atoms with van der Waals surface area (Å²) in [6.07, 6.45) is 38.1. The van der Waals surface area contributed by atoms with Gasteiger partial charge in [0.25, 0.3) is 0 Å². The van der Waals surface area contributed by atoms with Crippen LogP contribution in [0.5, 0.6) is 0 Å². The number of hydrogen-bond donors (Lipinski definition) is 1. The second kappa shape index (κ2) is 31.2. The van der Waals surface area contributed by atoms with E-state index in [4.69, 9.17) is 9.84 Å². The largest absolute Gasteiger partial charge is 0.481 e. The van der Waals surface area contributed by atoms with Crippen LogP contribution in [0.1, 0.15) is 187 Å². The summed E-state index contributed by atoms with van der Waals surface area (Å²) in [7, 11) is 0. The summed E-state index contributed by atoms with van der Waals surface area (Å²) in [5.74, 6) is -1.74. The molecule has 0 bridgehead atoms. The number of ether oxygens (including phenoxy) is 1. The van der Waals surface area contributed by atoms with Crippen molar-refractivity contribution in [2.24, 2.45) is 5.92 Å². The standard InChI is InChI=1S/C35H66O4/c1-3-5-6-7-8-9-10-11-12-13-14-15-16-17-18-19-20-21-22-23-24-25-26-27-28-29-30-33(32-34(36)37)35(38)39-31-4-2/h7-8,33H,3-6,9-32H2,1-2H3,(H,36,37)/b8-7+. The predicted octanol–water partition coefficient (Wildman–Crippen LogP) is 11.4. The fourth-order valence-corrected chi connectivity index (χ4v) is 5.23. The van der Waals surface area contributed by atoms with Gasteiger partial charge in [-0.2, -0.15) is 0 Å². The molecule has 39 heavy (non-hydrogen) atoms. The summed E-state index contributed by atoms with van der Waals surface area (Å²) in [5.41, 5.74) is 0. The van der Waals surface area contributed by atoms with Crippen molar-refractivity contribution in [1.29, 1.82) is 0 Å². The minimum atomic E-state index is -0.915. The molecule has 0 aliphatic carbocycles. The maximum absolute atomic E-state index is 12.0. The van der Waals surface area contributed by atoms with Crippen molar-refractivity contribution in [3.63, 3.8) is 0 Å². The summed E-state index contributed by atoms with van der Waals surface area (Å²) < 4.78 is 5.16. The topological polar surface area (TPSA) is 63.6 Å². The van der Waals surface area contributed by atoms with Crippen molar-refractivity contribution in [3.8, 4) is 0 Å². The zero-order valence-corrected chi connectivity index (χ0v) is 26.2. The molecule has 0 amide bonds. The first-order valence-electron chi connectivity index (χ1n) is 17.1. The average Bonchev–Trinajstić information content (AvgIpc) is 2.92. The van der Waals surface area contributed by atoms with Crippen molar-refractivity contribution < 1.29 is 19.4 Å². The van der Waals surface area contributed by atoms with Crippen LogP contribution in [-0.4, -0.2) is 23.7 Å². The second-order valence-corrected chi connectivity index (χ2v) is 11.7. The van der Waals surface area contributed by atoms with Crippen molar-refractivity contribution in [2.45, 2.75) is 187 Å². The number of carboxylic acids is 1. The molecule has 1 N–H and O–H groups in total. The number of rotatable bonds is 31. The highest BCUT2D eigenvalue weighted by Gasteiger charge is 2.22. The lowest BCUT2D eigenvalue weighted by Crippen LogP contribution is -2.21. The van der Waals surface area contributed by atoms with Crippen LogP contribution in [0.2, 0.25) is 0 Å². The lowest BCUT2D eigenvalue weighted by molar-refractivity contribution is -0.153. The van der Waals surface area contributed by atoms with Crippen LogP contribution in [0.25, 0.3) is 0 Å². The van der Waals surface area contributed by atoms with Crippen LogP contribution >= 0.6 is 0 Å². The number of carbonyl (C=O) groups excluding carboxylic acids is 1. The highest BCUT2D eigenvalue weighted by atomic mass is 16.5. The lowest BCUT2D eigenvalue weighted by atomic mass is 9.97. The molecule has 0 saturated heterocycles. The van der Waals surface area contributed by atoms with Crippen molar-refractivity contribution in [3.05, 3.63) is 12.2 Å². The third-order valence-corrected chi connectivity index (χ3v) is 7.77. The van der Waals surface area contributed by atoms with E-state index < -0.39 is 11.9 Å². The van der Waals surface area contributed by atoms with Crippen molar-refractivity contribution in [1.82, 2.24) is 0 Å². The molecule has 0 saturated carbocycles. The molecule has 0 aromatic carbocycles. The molecular formula is C35H66O4. The Morgan fingerprint density at radius 3 is 1.33 bits per heavy atom. The highest BCUT2D eigenvalue weighted by molar-refractivity contribution is 5.79. The first-order valence-corrected chi connectivity index (χ1v) is 17.1. The quantitative estimate of drug-likeness (QED) is 0.0529. The van der Waals surface area contributed by atoms with Gasteiger partial charge in [-0.1, -0.05) is 161 Å². The summed E-state index contributed by atoms with van der Waals surface area (Å²) >= 11 is 0. The highest BCUT2D eigenvalue weighted by Crippen LogP contribution is 2.18. The van der Waals surface area contributed by atoms with Gasteiger partial charge in [0, 0.05) is 0 Å². The predicted molar refractivity (Wildman–Crippen MR) is 167 cm³/mol. The number of aliphatic carboxylic acids is 1. The molecule has 0 heterocycles. The third kappa shape index (κ3) is 29.5. The van der Waals surface area contributed by atoms with E-state index in [0.717, 1.165) is 19.3 Å². The monoisotopic (exact) mass is 550 g/mol. The first-order chi connectivity index (χ1) is 19.1. The zero-order valence-electron chi connectivity index (χ0n) is 26.2. The molecule has 1 unspecified atom stereocenters. The molecule has 0 radical (unpaired) electrons. The Hall–Kier alpha value is -1.32. The normalized spacial score (nSPS) is 12.3. The van der Waals surface area contributed by atoms with E-state index in [1.807, 2.05) is 6.92 Å². The van der Waals surface area contributed by atoms with Crippen LogP contribution in [-0.2, 0) is 14.3 Å². The number of hydrogen-bond acceptors (Lipinski definition) is 3. The zero-order chi connectivity index (χ0) is 28.7. The van der Waals surface area contributed by atoms with Crippen LogP contribution in [0, 0.1) is 5.92 Å². The second-order valence-electron chi connectivity index (χ2n) is 11.7. The van der Waals surface area contributed by atoms with Crippen LogP contribution in [0.3, 0.4) is 0 Å². The molecule has 0 spiro atoms. The summed E-state index contributed by atoms with van der Waals surface area (Å²) in [4.78, 5) is 23.1. The SMILES string of the molecule is CCCC/C=C/CCCCCCCCCCCCCCCCCCCCCCC(CC(=O)O)C(=O)OCCC. The van der Waals surface area contributed by atoms with E-state index in [9.17, 15) is 9.59 Å². The Labute approximate surface area is 243 Å². The third-order valence-electron chi connectivity index (χ3n) is 7.77. The van der Waals surface area contributed by atoms with Crippen molar-refractivity contribution >= 4 is 11.9 Å². The van der Waals surface area contributed by atoms with Gasteiger partial charge < -0.3 is 9.84 Å². The molecule has 4 heteroatoms. The van der Waals surface area contributed by atoms with Crippen LogP contribution in [0.15, 0.2) is 12.2 Å².